The monoisotopic (exact) mass is 1260 g/mol. The molecule has 0 saturated carbocycles. The third kappa shape index (κ3) is 11.4. The number of halogens is 30. The van der Waals surface area contributed by atoms with Gasteiger partial charge in [-0.2, -0.15) is 0 Å². The Morgan fingerprint density at radius 2 is 0.476 bits per heavy atom. The molecule has 0 aromatic heterocycles. The van der Waals surface area contributed by atoms with E-state index >= 15 is 0 Å². The molecule has 0 saturated heterocycles. The van der Waals surface area contributed by atoms with Gasteiger partial charge in [0.25, 0.3) is 13.4 Å². The molecule has 0 spiro atoms. The summed E-state index contributed by atoms with van der Waals surface area (Å²) in [6.07, 6.45) is 0. The topological polar surface area (TPSA) is 33.6 Å². The van der Waals surface area contributed by atoms with Crippen molar-refractivity contribution in [3.05, 3.63) is 204 Å². The third-order valence-electron chi connectivity index (χ3n) is 11.4. The van der Waals surface area contributed by atoms with Crippen LogP contribution in [0.1, 0.15) is 5.56 Å². The summed E-state index contributed by atoms with van der Waals surface area (Å²) in [5, 5.41) is 3.26. The zero-order valence-corrected chi connectivity index (χ0v) is 41.6. The quantitative estimate of drug-likeness (QED) is 0.0676. The highest BCUT2D eigenvalue weighted by Gasteiger charge is 2.47. The Bertz CT molecular complexity index is 3170. The standard InChI is InChI=1S/2C18BF15.C12H18N2OSi/c2*20-4-1(5(21)11(27)16(32)10(4)26)19(2-6(22)12(28)17(33)13(29)7(2)23)3-8(24)14(30)18(34)15(31)9(3)25;1-16(2,3)15-11-6-4-10(5-7-11)12-13-8-9-14-12/h;;4-7H,8-9H2,1-3H3,(H,13,14). The molecule has 3 nitrogen and oxygen atoms in total. The lowest BCUT2D eigenvalue weighted by atomic mass is 9.36. The van der Waals surface area contributed by atoms with Gasteiger partial charge in [-0.25, -0.2) is 132 Å². The molecule has 7 aromatic rings. The number of aliphatic imine (C=N–C) groups is 1. The first-order valence-corrected chi connectivity index (χ1v) is 25.4. The average molecular weight is 1260 g/mol. The van der Waals surface area contributed by atoms with Crippen LogP contribution in [0.3, 0.4) is 0 Å². The van der Waals surface area contributed by atoms with Gasteiger partial charge in [0.2, 0.25) is 8.32 Å². The van der Waals surface area contributed by atoms with Crippen molar-refractivity contribution in [1.82, 2.24) is 5.32 Å². The zero-order valence-electron chi connectivity index (χ0n) is 40.6. The molecular weight excluding hydrogens is 1240 g/mol. The Hall–Kier alpha value is -7.94. The second kappa shape index (κ2) is 24.3. The van der Waals surface area contributed by atoms with Crippen molar-refractivity contribution in [1.29, 1.82) is 0 Å². The number of benzene rings is 7. The van der Waals surface area contributed by atoms with Gasteiger partial charge in [-0.05, 0) is 43.9 Å². The van der Waals surface area contributed by atoms with E-state index in [1.165, 1.54) is 0 Å². The predicted octanol–water partition coefficient (Wildman–Crippen LogP) is 10.8. The van der Waals surface area contributed by atoms with Crippen molar-refractivity contribution in [2.45, 2.75) is 19.6 Å². The molecule has 36 heteroatoms. The normalized spacial score (nSPS) is 12.2. The highest BCUT2D eigenvalue weighted by atomic mass is 28.4. The van der Waals surface area contributed by atoms with Crippen LogP contribution in [0.15, 0.2) is 29.3 Å². The molecule has 0 fully saturated rings. The molecule has 1 heterocycles. The summed E-state index contributed by atoms with van der Waals surface area (Å²) in [5.41, 5.74) is -14.9. The first-order valence-electron chi connectivity index (χ1n) is 22.0. The third-order valence-corrected chi connectivity index (χ3v) is 12.3. The fourth-order valence-corrected chi connectivity index (χ4v) is 8.59. The van der Waals surface area contributed by atoms with Crippen LogP contribution < -0.4 is 42.5 Å². The second-order valence-electron chi connectivity index (χ2n) is 17.7. The Balaban J connectivity index is 0.000000215. The maximum Gasteiger partial charge on any atom is 0.265 e. The summed E-state index contributed by atoms with van der Waals surface area (Å²) in [4.78, 5) is 4.38. The number of nitrogens with zero attached hydrogens (tertiary/aromatic N) is 1. The Morgan fingerprint density at radius 3 is 0.631 bits per heavy atom. The smallest absolute Gasteiger partial charge is 0.265 e. The maximum absolute atomic E-state index is 14.4. The minimum Gasteiger partial charge on any atom is -0.544 e. The molecule has 0 atom stereocenters. The Morgan fingerprint density at radius 1 is 0.298 bits per heavy atom. The van der Waals surface area contributed by atoms with Crippen LogP contribution in [-0.4, -0.2) is 40.7 Å². The molecule has 1 aliphatic rings. The summed E-state index contributed by atoms with van der Waals surface area (Å²) in [5.74, 6) is -88.5. The highest BCUT2D eigenvalue weighted by molar-refractivity contribution is 6.96. The number of amidine groups is 1. The minimum absolute atomic E-state index is 0.877. The van der Waals surface area contributed by atoms with Crippen molar-refractivity contribution in [2.75, 3.05) is 13.1 Å². The van der Waals surface area contributed by atoms with E-state index in [1.807, 2.05) is 12.1 Å². The van der Waals surface area contributed by atoms with Crippen molar-refractivity contribution in [3.63, 3.8) is 0 Å². The lowest BCUT2D eigenvalue weighted by Crippen LogP contribution is -2.60. The van der Waals surface area contributed by atoms with Crippen molar-refractivity contribution in [2.24, 2.45) is 4.99 Å². The molecule has 1 aliphatic heterocycles. The van der Waals surface area contributed by atoms with Gasteiger partial charge in [-0.1, -0.05) is 0 Å². The van der Waals surface area contributed by atoms with Gasteiger partial charge in [-0.15, -0.1) is 0 Å². The Labute approximate surface area is 449 Å². The summed E-state index contributed by atoms with van der Waals surface area (Å²) in [6, 6.07) is 8.17. The maximum atomic E-state index is 14.4. The van der Waals surface area contributed by atoms with Gasteiger partial charge in [0.1, 0.15) is 11.6 Å². The van der Waals surface area contributed by atoms with E-state index in [4.69, 9.17) is 4.43 Å². The lowest BCUT2D eigenvalue weighted by molar-refractivity contribution is 0.380. The molecule has 446 valence electrons. The molecule has 7 aromatic carbocycles. The second-order valence-corrected chi connectivity index (χ2v) is 22.1. The first-order chi connectivity index (χ1) is 38.9. The van der Waals surface area contributed by atoms with Crippen LogP contribution in [0, 0.1) is 175 Å². The van der Waals surface area contributed by atoms with Crippen molar-refractivity contribution < 1.29 is 136 Å². The SMILES string of the molecule is C[Si](C)(C)Oc1ccc(C2=NCCN2)cc1.Fc1c(F)c(F)c(B(c2c(F)c(F)c(F)c(F)c2F)c2c(F)c(F)c(F)c(F)c2F)c(F)c1F.Fc1c(F)c(F)c(B(c2c(F)c(F)c(F)c(F)c2F)c2c(F)c(F)c(F)c(F)c2F)c(F)c1F. The number of hydrogen-bond donors (Lipinski definition) is 1. The Kier molecular flexibility index (Phi) is 18.9. The van der Waals surface area contributed by atoms with Gasteiger partial charge < -0.3 is 9.74 Å². The molecule has 8 rings (SSSR count). The van der Waals surface area contributed by atoms with Crippen LogP contribution in [0.2, 0.25) is 19.6 Å². The molecule has 0 aliphatic carbocycles. The van der Waals surface area contributed by atoms with Crippen LogP contribution in [0.25, 0.3) is 0 Å². The summed E-state index contributed by atoms with van der Waals surface area (Å²) in [6.45, 7) is 0.458. The fraction of sp³-hybridized carbons (Fsp3) is 0.104. The van der Waals surface area contributed by atoms with Crippen LogP contribution in [0.4, 0.5) is 132 Å². The van der Waals surface area contributed by atoms with E-state index in [0.29, 0.717) is 0 Å². The minimum atomic E-state index is -3.96. The molecule has 0 amide bonds. The van der Waals surface area contributed by atoms with E-state index in [2.05, 4.69) is 42.1 Å². The summed E-state index contributed by atoms with van der Waals surface area (Å²) < 4.78 is 423. The van der Waals surface area contributed by atoms with Crippen molar-refractivity contribution in [3.8, 4) is 5.75 Å². The highest BCUT2D eigenvalue weighted by Crippen LogP contribution is 2.27. The summed E-state index contributed by atoms with van der Waals surface area (Å²) >= 11 is 0. The molecule has 0 unspecified atom stereocenters. The fourth-order valence-electron chi connectivity index (χ4n) is 7.74. The van der Waals surface area contributed by atoms with Gasteiger partial charge in [0, 0.05) is 44.9 Å². The summed E-state index contributed by atoms with van der Waals surface area (Å²) in [7, 11) is -1.49. The van der Waals surface area contributed by atoms with E-state index in [1.54, 1.807) is 0 Å². The molecule has 1 N–H and O–H groups in total. The molecule has 0 radical (unpaired) electrons. The lowest BCUT2D eigenvalue weighted by Gasteiger charge is -2.21. The van der Waals surface area contributed by atoms with E-state index in [0.717, 1.165) is 30.2 Å². The average Bonchev–Trinajstić information content (AvgIpc) is 0.938. The number of rotatable bonds is 9. The molecule has 0 bridgehead atoms. The van der Waals surface area contributed by atoms with Crippen molar-refractivity contribution >= 4 is 60.4 Å². The van der Waals surface area contributed by atoms with Crippen LogP contribution in [-0.2, 0) is 0 Å². The van der Waals surface area contributed by atoms with Gasteiger partial charge in [-0.3, -0.25) is 4.99 Å². The predicted molar refractivity (Wildman–Crippen MR) is 237 cm³/mol. The zero-order chi connectivity index (χ0) is 63.5. The molecular formula is C48H18B2F30N2OSi. The van der Waals surface area contributed by atoms with E-state index < -0.39 is 229 Å². The van der Waals surface area contributed by atoms with Gasteiger partial charge >= 0.3 is 0 Å². The number of hydrogen-bond acceptors (Lipinski definition) is 3. The van der Waals surface area contributed by atoms with Gasteiger partial charge in [0.05, 0.1) is 6.54 Å². The largest absolute Gasteiger partial charge is 0.544 e. The van der Waals surface area contributed by atoms with Crippen LogP contribution in [0.5, 0.6) is 5.75 Å². The molecule has 84 heavy (non-hydrogen) atoms. The van der Waals surface area contributed by atoms with E-state index in [-0.39, 0.29) is 0 Å². The van der Waals surface area contributed by atoms with E-state index in [9.17, 15) is 132 Å². The van der Waals surface area contributed by atoms with Gasteiger partial charge in [0.15, 0.2) is 175 Å². The first kappa shape index (κ1) is 65.2. The number of nitrogens with one attached hydrogen (secondary N) is 1. The van der Waals surface area contributed by atoms with Crippen LogP contribution >= 0.6 is 0 Å².